The molecule has 468 valence electrons. The quantitative estimate of drug-likeness (QED) is 0.0765. The SMILES string of the molecule is C=CCN1CC(=O)N2[C@@H](Cc3ccc(O)cc3)C(=O)N(Cc3ccc4nn(C)nc4c3)C[C@@H]2N1C(=O)NCc1ccccc1.C=CCN1CC(=O)N2[C@@H](Cc3ccc(O)cc3)C(=O)N(Cc3cccc4c3nnn4CC(N)=O)C[C@@H]2N1C(=O)NCc1ccccc1. The van der Waals surface area contributed by atoms with Gasteiger partial charge in [0.2, 0.25) is 29.5 Å². The van der Waals surface area contributed by atoms with Crippen molar-refractivity contribution >= 4 is 63.7 Å². The lowest BCUT2D eigenvalue weighted by Gasteiger charge is -2.55. The van der Waals surface area contributed by atoms with E-state index in [0.29, 0.717) is 28.7 Å². The van der Waals surface area contributed by atoms with Crippen LogP contribution in [0.2, 0.25) is 0 Å². The Bertz CT molecular complexity index is 4020. The van der Waals surface area contributed by atoms with Crippen molar-refractivity contribution in [3.05, 3.63) is 204 Å². The van der Waals surface area contributed by atoms with E-state index >= 15 is 0 Å². The van der Waals surface area contributed by atoms with Crippen LogP contribution >= 0.6 is 0 Å². The van der Waals surface area contributed by atoms with E-state index in [1.165, 1.54) is 31.5 Å². The Labute approximate surface area is 523 Å². The molecule has 6 aromatic carbocycles. The van der Waals surface area contributed by atoms with E-state index in [0.717, 1.165) is 33.3 Å². The molecule has 6 heterocycles. The molecule has 4 atom stereocenters. The van der Waals surface area contributed by atoms with Crippen molar-refractivity contribution in [3.63, 3.8) is 0 Å². The van der Waals surface area contributed by atoms with Gasteiger partial charge in [0.05, 0.1) is 31.7 Å². The summed E-state index contributed by atoms with van der Waals surface area (Å²) in [4.78, 5) is 103. The van der Waals surface area contributed by atoms with Crippen molar-refractivity contribution < 1.29 is 43.8 Å². The smallest absolute Gasteiger partial charge is 0.334 e. The number of aryl methyl sites for hydroxylation is 1. The molecule has 0 spiro atoms. The second-order valence-corrected chi connectivity index (χ2v) is 22.5. The van der Waals surface area contributed by atoms with Crippen LogP contribution in [0.5, 0.6) is 11.5 Å². The number of primary amides is 1. The number of amides is 9. The minimum atomic E-state index is -0.939. The predicted octanol–water partition coefficient (Wildman–Crippen LogP) is 3.77. The molecule has 26 nitrogen and oxygen atoms in total. The van der Waals surface area contributed by atoms with Gasteiger partial charge in [0.1, 0.15) is 59.0 Å². The van der Waals surface area contributed by atoms with Gasteiger partial charge in [-0.3, -0.25) is 24.0 Å². The summed E-state index contributed by atoms with van der Waals surface area (Å²) in [7, 11) is 1.75. The number of hydrogen-bond donors (Lipinski definition) is 5. The molecule has 0 aliphatic carbocycles. The summed E-state index contributed by atoms with van der Waals surface area (Å²) in [5.41, 5.74) is 12.8. The number of nitrogens with one attached hydrogen (secondary N) is 2. The molecule has 0 bridgehead atoms. The summed E-state index contributed by atoms with van der Waals surface area (Å²) in [6.45, 7) is 8.89. The zero-order chi connectivity index (χ0) is 63.9. The van der Waals surface area contributed by atoms with Crippen LogP contribution in [0, 0.1) is 0 Å². The van der Waals surface area contributed by atoms with Crippen LogP contribution in [0.3, 0.4) is 0 Å². The molecule has 12 rings (SSSR count). The highest BCUT2D eigenvalue weighted by Crippen LogP contribution is 2.33. The average Bonchev–Trinajstić information content (AvgIpc) is 1.34. The van der Waals surface area contributed by atoms with Crippen molar-refractivity contribution in [2.75, 3.05) is 39.3 Å². The van der Waals surface area contributed by atoms with Crippen LogP contribution < -0.4 is 16.4 Å². The van der Waals surface area contributed by atoms with Crippen LogP contribution in [0.4, 0.5) is 9.59 Å². The summed E-state index contributed by atoms with van der Waals surface area (Å²) >= 11 is 0. The van der Waals surface area contributed by atoms with Gasteiger partial charge in [-0.15, -0.1) is 18.3 Å². The van der Waals surface area contributed by atoms with E-state index in [1.54, 1.807) is 97.5 Å². The summed E-state index contributed by atoms with van der Waals surface area (Å²) in [5, 5.41) is 49.1. The lowest BCUT2D eigenvalue weighted by molar-refractivity contribution is -0.189. The topological polar surface area (TPSA) is 297 Å². The van der Waals surface area contributed by atoms with Crippen LogP contribution in [0.25, 0.3) is 22.1 Å². The van der Waals surface area contributed by atoms with Crippen LogP contribution in [-0.4, -0.2) is 185 Å². The Morgan fingerprint density at radius 2 is 1.08 bits per heavy atom. The molecule has 4 fully saturated rings. The van der Waals surface area contributed by atoms with Gasteiger partial charge < -0.3 is 46.2 Å². The number of phenols is 2. The Hall–Kier alpha value is -11.0. The summed E-state index contributed by atoms with van der Waals surface area (Å²) < 4.78 is 1.40. The molecule has 26 heteroatoms. The van der Waals surface area contributed by atoms with Crippen molar-refractivity contribution in [2.45, 2.75) is 70.0 Å². The number of aromatic nitrogens is 6. The highest BCUT2D eigenvalue weighted by molar-refractivity contribution is 5.93. The van der Waals surface area contributed by atoms with E-state index in [1.807, 2.05) is 84.9 Å². The Morgan fingerprint density at radius 3 is 1.57 bits per heavy atom. The fourth-order valence-electron chi connectivity index (χ4n) is 12.1. The zero-order valence-corrected chi connectivity index (χ0v) is 50.0. The Morgan fingerprint density at radius 1 is 0.593 bits per heavy atom. The van der Waals surface area contributed by atoms with Crippen molar-refractivity contribution in [1.82, 2.24) is 80.3 Å². The van der Waals surface area contributed by atoms with E-state index in [-0.39, 0.29) is 119 Å². The number of aromatic hydroxyl groups is 2. The minimum Gasteiger partial charge on any atom is -0.508 e. The maximum absolute atomic E-state index is 14.3. The van der Waals surface area contributed by atoms with E-state index in [2.05, 4.69) is 44.3 Å². The average molecular weight is 1230 g/mol. The molecule has 0 saturated carbocycles. The number of phenolic OH excluding ortho intramolecular Hbond substituents is 2. The van der Waals surface area contributed by atoms with E-state index in [9.17, 15) is 43.8 Å². The van der Waals surface area contributed by atoms with E-state index < -0.39 is 36.4 Å². The van der Waals surface area contributed by atoms with Gasteiger partial charge in [-0.2, -0.15) is 15.0 Å². The normalized spacial score (nSPS) is 18.6. The Balaban J connectivity index is 0.000000187. The van der Waals surface area contributed by atoms with Crippen LogP contribution in [0.1, 0.15) is 33.4 Å². The van der Waals surface area contributed by atoms with Gasteiger partial charge in [-0.25, -0.2) is 34.3 Å². The van der Waals surface area contributed by atoms with E-state index in [4.69, 9.17) is 5.73 Å². The maximum atomic E-state index is 14.3. The largest absolute Gasteiger partial charge is 0.508 e. The number of fused-ring (bicyclic) bond motifs is 4. The predicted molar refractivity (Wildman–Crippen MR) is 333 cm³/mol. The number of carbonyl (C=O) groups excluding carboxylic acids is 7. The molecule has 91 heavy (non-hydrogen) atoms. The van der Waals surface area contributed by atoms with Gasteiger partial charge in [-0.05, 0) is 70.3 Å². The third-order valence-corrected chi connectivity index (χ3v) is 16.3. The Kier molecular flexibility index (Phi) is 18.4. The highest BCUT2D eigenvalue weighted by Gasteiger charge is 2.53. The summed E-state index contributed by atoms with van der Waals surface area (Å²) in [5.74, 6) is -1.44. The van der Waals surface area contributed by atoms with Gasteiger partial charge in [0, 0.05) is 64.7 Å². The van der Waals surface area contributed by atoms with Gasteiger partial charge in [0.15, 0.2) is 0 Å². The molecule has 4 aliphatic heterocycles. The first-order valence-electron chi connectivity index (χ1n) is 29.6. The first-order chi connectivity index (χ1) is 44.0. The van der Waals surface area contributed by atoms with Crippen LogP contribution in [-0.2, 0) is 76.6 Å². The molecule has 4 saturated heterocycles. The standard InChI is InChI=1S/C33H35N9O5.C32H34N8O4/c1-2-15-39-21-30(45)41-27(16-22-11-13-25(43)14-12-22)32(46)38(18-24-9-6-10-26-31(24)36-37-40(26)19-28(34)44)20-29(41)42(39)33(47)35-17-23-7-4-3-5-8-23;1-3-15-38-21-30(42)39-28(17-22-9-12-25(41)13-10-22)31(43)37(19-24-11-14-26-27(16-24)35-36(2)34-26)20-29(39)40(38)32(44)33-18-23-7-5-4-6-8-23/h2-14,27,29,43H,1,15-21H2,(H2,34,44)(H,35,47);3-14,16,28-29,41H,1,15,17-21H2,2H3,(H,33,44)/t27-,29-;28-,29-/m00/s1. The number of benzene rings is 6. The van der Waals surface area contributed by atoms with Crippen molar-refractivity contribution in [1.29, 1.82) is 0 Å². The lowest BCUT2D eigenvalue weighted by Crippen LogP contribution is -2.76. The number of hydrogen-bond acceptors (Lipinski definition) is 15. The zero-order valence-electron chi connectivity index (χ0n) is 50.0. The second-order valence-electron chi connectivity index (χ2n) is 22.5. The molecule has 0 unspecified atom stereocenters. The maximum Gasteiger partial charge on any atom is 0.334 e. The molecule has 4 aliphatic rings. The summed E-state index contributed by atoms with van der Waals surface area (Å²) in [6, 6.07) is 40.6. The second kappa shape index (κ2) is 27.2. The molecule has 0 radical (unpaired) electrons. The lowest BCUT2D eigenvalue weighted by atomic mass is 9.98. The number of nitrogens with two attached hydrogens (primary N) is 1. The minimum absolute atomic E-state index is 0.0227. The number of rotatable bonds is 18. The number of nitrogens with zero attached hydrogens (tertiary/aromatic N) is 14. The fraction of sp³-hybridized carbons (Fsp3) is 0.277. The molecule has 9 amide bonds. The van der Waals surface area contributed by atoms with Crippen molar-refractivity contribution in [3.8, 4) is 11.5 Å². The van der Waals surface area contributed by atoms with Gasteiger partial charge in [0.25, 0.3) is 0 Å². The number of hydrazine groups is 2. The first-order valence-corrected chi connectivity index (χ1v) is 29.6. The monoisotopic (exact) mass is 1230 g/mol. The summed E-state index contributed by atoms with van der Waals surface area (Å²) in [6.07, 6.45) is 2.06. The number of urea groups is 2. The van der Waals surface area contributed by atoms with Gasteiger partial charge >= 0.3 is 12.1 Å². The number of carbonyl (C=O) groups is 7. The molecular weight excluding hydrogens is 1160 g/mol. The molecule has 2 aromatic heterocycles. The first kappa shape index (κ1) is 61.6. The number of piperazine rings is 2. The fourth-order valence-corrected chi connectivity index (χ4v) is 12.1. The molecular formula is C65H69N17O9. The molecule has 8 aromatic rings. The highest BCUT2D eigenvalue weighted by atomic mass is 16.3. The van der Waals surface area contributed by atoms with Gasteiger partial charge in [-0.1, -0.05) is 120 Å². The molecule has 6 N–H and O–H groups in total. The van der Waals surface area contributed by atoms with Crippen LogP contribution in [0.15, 0.2) is 171 Å². The third kappa shape index (κ3) is 13.7. The van der Waals surface area contributed by atoms with Crippen molar-refractivity contribution in [2.24, 2.45) is 12.8 Å². The third-order valence-electron chi connectivity index (χ3n) is 16.3.